The number of carbonyl (C=O) groups excluding carboxylic acids is 3. The average molecular weight is 509 g/mol. The zero-order chi connectivity index (χ0) is 23.8. The molecule has 1 aromatic carbocycles. The van der Waals surface area contributed by atoms with Crippen molar-refractivity contribution in [2.75, 3.05) is 26.2 Å². The second-order valence-corrected chi connectivity index (χ2v) is 10.6. The van der Waals surface area contributed by atoms with Crippen LogP contribution in [0.3, 0.4) is 0 Å². The number of piperazine rings is 1. The molecule has 3 rings (SSSR count). The Morgan fingerprint density at radius 2 is 1.41 bits per heavy atom. The second kappa shape index (κ2) is 8.73. The summed E-state index contributed by atoms with van der Waals surface area (Å²) in [5.41, 5.74) is -0.338. The average Bonchev–Trinajstić information content (AvgIpc) is 3.03. The highest BCUT2D eigenvalue weighted by Crippen LogP contribution is 2.24. The van der Waals surface area contributed by atoms with Crippen molar-refractivity contribution in [3.8, 4) is 0 Å². The summed E-state index contributed by atoms with van der Waals surface area (Å²) in [6.07, 6.45) is -1.08. The summed E-state index contributed by atoms with van der Waals surface area (Å²) in [6.45, 7) is 12.0. The maximum atomic E-state index is 13.3. The van der Waals surface area contributed by atoms with E-state index >= 15 is 0 Å². The Balaban J connectivity index is 1.85. The summed E-state index contributed by atoms with van der Waals surface area (Å²) in [5.74, 6) is -0.412. The minimum Gasteiger partial charge on any atom is -0.444 e. The molecule has 1 fully saturated rings. The van der Waals surface area contributed by atoms with Crippen molar-refractivity contribution in [2.24, 2.45) is 0 Å². The molecule has 2 aromatic rings. The van der Waals surface area contributed by atoms with Crippen molar-refractivity contribution < 1.29 is 23.9 Å². The minimum atomic E-state index is -0.737. The number of aromatic nitrogens is 2. The van der Waals surface area contributed by atoms with Crippen LogP contribution < -0.4 is 0 Å². The lowest BCUT2D eigenvalue weighted by Crippen LogP contribution is -2.52. The van der Waals surface area contributed by atoms with Crippen LogP contribution in [0.5, 0.6) is 0 Å². The third kappa shape index (κ3) is 5.59. The molecule has 1 aliphatic rings. The predicted octanol–water partition coefficient (Wildman–Crippen LogP) is 4.27. The molecular formula is C22H29BrN4O5. The molecule has 174 valence electrons. The van der Waals surface area contributed by atoms with Crippen LogP contribution in [0.2, 0.25) is 0 Å². The normalized spacial score (nSPS) is 15.1. The maximum absolute atomic E-state index is 13.3. The lowest BCUT2D eigenvalue weighted by Gasteiger charge is -2.35. The summed E-state index contributed by atoms with van der Waals surface area (Å²) < 4.78 is 12.9. The van der Waals surface area contributed by atoms with Gasteiger partial charge in [0, 0.05) is 30.7 Å². The molecule has 0 unspecified atom stereocenters. The van der Waals surface area contributed by atoms with Crippen LogP contribution in [0.4, 0.5) is 9.59 Å². The van der Waals surface area contributed by atoms with Gasteiger partial charge in [0.15, 0.2) is 0 Å². The molecular weight excluding hydrogens is 480 g/mol. The minimum absolute atomic E-state index is 0.0157. The standard InChI is InChI=1S/C22H29BrN4O5/c1-21(2,3)31-19(29)26-11-9-25(10-12-26)18(28)17-24-15-8-7-14(23)13-16(15)27(17)20(30)32-22(4,5)6/h7-8,13H,9-12H2,1-6H3. The zero-order valence-electron chi connectivity index (χ0n) is 19.3. The SMILES string of the molecule is CC(C)(C)OC(=O)N1CCN(C(=O)c2nc3ccc(Br)cc3n2C(=O)OC(C)(C)C)CC1. The number of halogens is 1. The van der Waals surface area contributed by atoms with Crippen LogP contribution in [0.15, 0.2) is 22.7 Å². The van der Waals surface area contributed by atoms with Gasteiger partial charge in [0.1, 0.15) is 11.2 Å². The Morgan fingerprint density at radius 1 is 0.875 bits per heavy atom. The highest BCUT2D eigenvalue weighted by Gasteiger charge is 2.32. The van der Waals surface area contributed by atoms with Crippen molar-refractivity contribution in [3.63, 3.8) is 0 Å². The van der Waals surface area contributed by atoms with Crippen LogP contribution in [0.25, 0.3) is 11.0 Å². The van der Waals surface area contributed by atoms with E-state index in [2.05, 4.69) is 20.9 Å². The number of nitrogens with zero attached hydrogens (tertiary/aromatic N) is 4. The molecule has 0 aliphatic carbocycles. The number of fused-ring (bicyclic) bond motifs is 1. The maximum Gasteiger partial charge on any atom is 0.420 e. The Morgan fingerprint density at radius 3 is 1.97 bits per heavy atom. The first-order valence-electron chi connectivity index (χ1n) is 10.4. The van der Waals surface area contributed by atoms with Crippen LogP contribution in [0, 0.1) is 0 Å². The van der Waals surface area contributed by atoms with E-state index in [4.69, 9.17) is 9.47 Å². The number of amides is 2. The fourth-order valence-corrected chi connectivity index (χ4v) is 3.59. The van der Waals surface area contributed by atoms with E-state index in [1.54, 1.807) is 48.8 Å². The van der Waals surface area contributed by atoms with E-state index in [9.17, 15) is 14.4 Å². The summed E-state index contributed by atoms with van der Waals surface area (Å²) in [5, 5.41) is 0. The second-order valence-electron chi connectivity index (χ2n) is 9.64. The van der Waals surface area contributed by atoms with Crippen molar-refractivity contribution in [3.05, 3.63) is 28.5 Å². The van der Waals surface area contributed by atoms with Crippen molar-refractivity contribution >= 4 is 45.1 Å². The van der Waals surface area contributed by atoms with Gasteiger partial charge in [-0.2, -0.15) is 0 Å². The quantitative estimate of drug-likeness (QED) is 0.570. The number of hydrogen-bond acceptors (Lipinski definition) is 6. The summed E-state index contributed by atoms with van der Waals surface area (Å²) in [4.78, 5) is 46.2. The summed E-state index contributed by atoms with van der Waals surface area (Å²) >= 11 is 3.40. The lowest BCUT2D eigenvalue weighted by molar-refractivity contribution is 0.0138. The zero-order valence-corrected chi connectivity index (χ0v) is 20.9. The van der Waals surface area contributed by atoms with Crippen molar-refractivity contribution in [1.82, 2.24) is 19.4 Å². The molecule has 0 bridgehead atoms. The molecule has 2 heterocycles. The first kappa shape index (κ1) is 24.0. The first-order valence-corrected chi connectivity index (χ1v) is 11.2. The van der Waals surface area contributed by atoms with E-state index in [0.29, 0.717) is 37.2 Å². The van der Waals surface area contributed by atoms with Crippen LogP contribution >= 0.6 is 15.9 Å². The van der Waals surface area contributed by atoms with Gasteiger partial charge in [0.25, 0.3) is 5.91 Å². The molecule has 1 saturated heterocycles. The highest BCUT2D eigenvalue weighted by molar-refractivity contribution is 9.10. The predicted molar refractivity (Wildman–Crippen MR) is 123 cm³/mol. The highest BCUT2D eigenvalue weighted by atomic mass is 79.9. The van der Waals surface area contributed by atoms with Gasteiger partial charge in [0.05, 0.1) is 11.0 Å². The van der Waals surface area contributed by atoms with Gasteiger partial charge in [0.2, 0.25) is 5.82 Å². The molecule has 0 saturated carbocycles. The topological polar surface area (TPSA) is 94.0 Å². The van der Waals surface area contributed by atoms with Crippen molar-refractivity contribution in [1.29, 1.82) is 0 Å². The molecule has 0 spiro atoms. The van der Waals surface area contributed by atoms with Crippen LogP contribution in [-0.4, -0.2) is 74.8 Å². The van der Waals surface area contributed by atoms with E-state index in [1.165, 1.54) is 4.57 Å². The van der Waals surface area contributed by atoms with Gasteiger partial charge in [-0.15, -0.1) is 0 Å². The molecule has 1 aromatic heterocycles. The lowest BCUT2D eigenvalue weighted by atomic mass is 10.2. The number of ether oxygens (including phenoxy) is 2. The van der Waals surface area contributed by atoms with Crippen molar-refractivity contribution in [2.45, 2.75) is 52.7 Å². The third-order valence-corrected chi connectivity index (χ3v) is 5.10. The molecule has 10 heteroatoms. The Labute approximate surface area is 195 Å². The van der Waals surface area contributed by atoms with E-state index in [1.807, 2.05) is 20.8 Å². The number of benzene rings is 1. The van der Waals surface area contributed by atoms with Gasteiger partial charge in [-0.25, -0.2) is 19.1 Å². The molecule has 1 aliphatic heterocycles. The molecule has 2 amide bonds. The van der Waals surface area contributed by atoms with Gasteiger partial charge in [-0.05, 0) is 59.7 Å². The molecule has 0 atom stereocenters. The number of hydrogen-bond donors (Lipinski definition) is 0. The summed E-state index contributed by atoms with van der Waals surface area (Å²) in [7, 11) is 0. The van der Waals surface area contributed by atoms with Gasteiger partial charge in [-0.1, -0.05) is 15.9 Å². The fourth-order valence-electron chi connectivity index (χ4n) is 3.24. The summed E-state index contributed by atoms with van der Waals surface area (Å²) in [6, 6.07) is 5.25. The van der Waals surface area contributed by atoms with Gasteiger partial charge in [-0.3, -0.25) is 4.79 Å². The Bertz CT molecular complexity index is 1040. The molecule has 0 radical (unpaired) electrons. The Hall–Kier alpha value is -2.62. The largest absolute Gasteiger partial charge is 0.444 e. The smallest absolute Gasteiger partial charge is 0.420 e. The van der Waals surface area contributed by atoms with E-state index in [-0.39, 0.29) is 5.82 Å². The van der Waals surface area contributed by atoms with Gasteiger partial charge < -0.3 is 19.3 Å². The first-order chi connectivity index (χ1) is 14.7. The van der Waals surface area contributed by atoms with E-state index in [0.717, 1.165) is 4.47 Å². The van der Waals surface area contributed by atoms with Gasteiger partial charge >= 0.3 is 12.2 Å². The number of imidazole rings is 1. The molecule has 9 nitrogen and oxygen atoms in total. The fraction of sp³-hybridized carbons (Fsp3) is 0.545. The number of carbonyl (C=O) groups is 3. The third-order valence-electron chi connectivity index (χ3n) is 4.60. The molecule has 32 heavy (non-hydrogen) atoms. The monoisotopic (exact) mass is 508 g/mol. The molecule has 0 N–H and O–H groups in total. The van der Waals surface area contributed by atoms with Crippen LogP contribution in [0.1, 0.15) is 52.2 Å². The van der Waals surface area contributed by atoms with E-state index < -0.39 is 29.3 Å². The Kier molecular flexibility index (Phi) is 6.55. The number of rotatable bonds is 1. The van der Waals surface area contributed by atoms with Crippen LogP contribution in [-0.2, 0) is 9.47 Å².